The molecular formula is C10H13N3. The van der Waals surface area contributed by atoms with Crippen molar-refractivity contribution in [3.8, 4) is 0 Å². The van der Waals surface area contributed by atoms with Gasteiger partial charge in [0.05, 0.1) is 5.69 Å². The molecule has 2 heterocycles. The van der Waals surface area contributed by atoms with Crippen molar-refractivity contribution < 1.29 is 0 Å². The highest BCUT2D eigenvalue weighted by atomic mass is 15.0. The van der Waals surface area contributed by atoms with Crippen LogP contribution in [0.25, 0.3) is 5.57 Å². The first-order chi connectivity index (χ1) is 6.33. The second-order valence-electron chi connectivity index (χ2n) is 3.89. The molecule has 2 N–H and O–H groups in total. The molecule has 3 heteroatoms. The van der Waals surface area contributed by atoms with Gasteiger partial charge >= 0.3 is 0 Å². The first-order valence-corrected chi connectivity index (χ1v) is 4.81. The lowest BCUT2D eigenvalue weighted by Gasteiger charge is -2.28. The monoisotopic (exact) mass is 175 g/mol. The number of nitrogens with one attached hydrogen (secondary N) is 2. The van der Waals surface area contributed by atoms with Crippen molar-refractivity contribution in [2.75, 3.05) is 6.54 Å². The summed E-state index contributed by atoms with van der Waals surface area (Å²) in [7, 11) is 0. The number of imidazole rings is 1. The number of H-pyrrole nitrogens is 1. The van der Waals surface area contributed by atoms with Gasteiger partial charge in [0.15, 0.2) is 0 Å². The van der Waals surface area contributed by atoms with E-state index in [-0.39, 0.29) is 0 Å². The lowest BCUT2D eigenvalue weighted by Crippen LogP contribution is -2.37. The van der Waals surface area contributed by atoms with Crippen molar-refractivity contribution in [3.05, 3.63) is 23.3 Å². The van der Waals surface area contributed by atoms with Crippen LogP contribution in [-0.4, -0.2) is 22.6 Å². The number of nitrogens with zero attached hydrogens (tertiary/aromatic N) is 1. The van der Waals surface area contributed by atoms with Gasteiger partial charge in [0.2, 0.25) is 0 Å². The maximum absolute atomic E-state index is 4.52. The molecule has 2 aliphatic rings. The molecule has 0 radical (unpaired) electrons. The summed E-state index contributed by atoms with van der Waals surface area (Å²) in [5, 5.41) is 3.48. The Morgan fingerprint density at radius 3 is 3.31 bits per heavy atom. The summed E-state index contributed by atoms with van der Waals surface area (Å²) in [6, 6.07) is 0.632. The van der Waals surface area contributed by atoms with Gasteiger partial charge in [-0.2, -0.15) is 0 Å². The minimum atomic E-state index is 0.632. The number of aryl methyl sites for hydroxylation is 1. The average Bonchev–Trinajstić information content (AvgIpc) is 2.47. The van der Waals surface area contributed by atoms with Crippen molar-refractivity contribution in [1.29, 1.82) is 0 Å². The molecule has 0 saturated carbocycles. The van der Waals surface area contributed by atoms with Crippen LogP contribution in [0.3, 0.4) is 0 Å². The smallest absolute Gasteiger partial charge is 0.103 e. The van der Waals surface area contributed by atoms with E-state index in [2.05, 4.69) is 21.4 Å². The summed E-state index contributed by atoms with van der Waals surface area (Å²) < 4.78 is 0. The second kappa shape index (κ2) is 2.45. The van der Waals surface area contributed by atoms with Crippen LogP contribution in [-0.2, 0) is 6.42 Å². The van der Waals surface area contributed by atoms with E-state index in [4.69, 9.17) is 0 Å². The maximum Gasteiger partial charge on any atom is 0.103 e. The molecule has 13 heavy (non-hydrogen) atoms. The van der Waals surface area contributed by atoms with E-state index in [0.29, 0.717) is 6.04 Å². The first kappa shape index (κ1) is 7.33. The molecule has 0 spiro atoms. The van der Waals surface area contributed by atoms with E-state index in [9.17, 15) is 0 Å². The van der Waals surface area contributed by atoms with Gasteiger partial charge in [0.1, 0.15) is 5.82 Å². The van der Waals surface area contributed by atoms with Crippen LogP contribution in [0, 0.1) is 6.92 Å². The minimum Gasteiger partial charge on any atom is -0.346 e. The zero-order chi connectivity index (χ0) is 8.84. The fourth-order valence-electron chi connectivity index (χ4n) is 2.31. The topological polar surface area (TPSA) is 40.7 Å². The Hall–Kier alpha value is -1.09. The number of hydrogen-bond donors (Lipinski definition) is 2. The number of hydrogen-bond acceptors (Lipinski definition) is 2. The van der Waals surface area contributed by atoms with Gasteiger partial charge in [-0.15, -0.1) is 0 Å². The average molecular weight is 175 g/mol. The molecule has 0 saturated heterocycles. The van der Waals surface area contributed by atoms with Gasteiger partial charge < -0.3 is 10.3 Å². The Labute approximate surface area is 77.3 Å². The fraction of sp³-hybridized carbons (Fsp3) is 0.500. The molecule has 1 aromatic rings. The van der Waals surface area contributed by atoms with Crippen molar-refractivity contribution in [2.24, 2.45) is 0 Å². The zero-order valence-electron chi connectivity index (χ0n) is 7.72. The van der Waals surface area contributed by atoms with Gasteiger partial charge in [-0.05, 0) is 18.9 Å². The van der Waals surface area contributed by atoms with E-state index in [0.717, 1.165) is 25.2 Å². The number of fused-ring (bicyclic) bond motifs is 4. The van der Waals surface area contributed by atoms with Gasteiger partial charge in [-0.25, -0.2) is 4.98 Å². The minimum absolute atomic E-state index is 0.632. The third kappa shape index (κ3) is 1.04. The van der Waals surface area contributed by atoms with Crippen molar-refractivity contribution in [1.82, 2.24) is 15.3 Å². The summed E-state index contributed by atoms with van der Waals surface area (Å²) in [6.07, 6.45) is 4.51. The summed E-state index contributed by atoms with van der Waals surface area (Å²) in [6.45, 7) is 3.03. The molecular weight excluding hydrogens is 162 g/mol. The molecule has 1 aliphatic carbocycles. The Kier molecular flexibility index (Phi) is 1.38. The second-order valence-corrected chi connectivity index (χ2v) is 3.89. The highest BCUT2D eigenvalue weighted by Gasteiger charge is 2.26. The SMILES string of the molecule is Cc1nc2c([nH]1)CC1CC2=CCN1. The molecule has 2 bridgehead atoms. The number of rotatable bonds is 0. The molecule has 0 fully saturated rings. The van der Waals surface area contributed by atoms with Crippen LogP contribution in [0.1, 0.15) is 23.6 Å². The van der Waals surface area contributed by atoms with Gasteiger partial charge in [-0.3, -0.25) is 0 Å². The standard InChI is InChI=1S/C10H13N3/c1-6-12-9-5-8-4-7(2-3-11-8)10(9)13-6/h2,8,11H,3-5H2,1H3,(H,12,13). The highest BCUT2D eigenvalue weighted by Crippen LogP contribution is 2.30. The highest BCUT2D eigenvalue weighted by molar-refractivity contribution is 5.68. The van der Waals surface area contributed by atoms with Crippen LogP contribution in [0.5, 0.6) is 0 Å². The van der Waals surface area contributed by atoms with E-state index < -0.39 is 0 Å². The maximum atomic E-state index is 4.52. The van der Waals surface area contributed by atoms with E-state index in [1.807, 2.05) is 6.92 Å². The van der Waals surface area contributed by atoms with Gasteiger partial charge in [-0.1, -0.05) is 6.08 Å². The van der Waals surface area contributed by atoms with Gasteiger partial charge in [0.25, 0.3) is 0 Å². The lowest BCUT2D eigenvalue weighted by atomic mass is 9.89. The molecule has 68 valence electrons. The van der Waals surface area contributed by atoms with Crippen LogP contribution in [0.15, 0.2) is 6.08 Å². The van der Waals surface area contributed by atoms with Crippen LogP contribution < -0.4 is 5.32 Å². The molecule has 1 aliphatic heterocycles. The molecule has 1 atom stereocenters. The summed E-state index contributed by atoms with van der Waals surface area (Å²) in [4.78, 5) is 7.85. The third-order valence-corrected chi connectivity index (χ3v) is 2.87. The molecule has 1 aromatic heterocycles. The molecule has 3 nitrogen and oxygen atoms in total. The van der Waals surface area contributed by atoms with Crippen molar-refractivity contribution in [3.63, 3.8) is 0 Å². The first-order valence-electron chi connectivity index (χ1n) is 4.81. The Bertz CT molecular complexity index is 376. The fourth-order valence-corrected chi connectivity index (χ4v) is 2.31. The van der Waals surface area contributed by atoms with Crippen LogP contribution in [0.4, 0.5) is 0 Å². The molecule has 3 rings (SSSR count). The van der Waals surface area contributed by atoms with E-state index in [1.165, 1.54) is 17.0 Å². The summed E-state index contributed by atoms with van der Waals surface area (Å²) in [5.41, 5.74) is 3.96. The third-order valence-electron chi connectivity index (χ3n) is 2.87. The zero-order valence-corrected chi connectivity index (χ0v) is 7.72. The lowest BCUT2D eigenvalue weighted by molar-refractivity contribution is 0.515. The van der Waals surface area contributed by atoms with E-state index in [1.54, 1.807) is 0 Å². The normalized spacial score (nSPS) is 25.3. The van der Waals surface area contributed by atoms with Crippen molar-refractivity contribution in [2.45, 2.75) is 25.8 Å². The van der Waals surface area contributed by atoms with Gasteiger partial charge in [0, 0.05) is 24.7 Å². The van der Waals surface area contributed by atoms with E-state index >= 15 is 0 Å². The predicted molar refractivity (Wildman–Crippen MR) is 51.4 cm³/mol. The summed E-state index contributed by atoms with van der Waals surface area (Å²) >= 11 is 0. The van der Waals surface area contributed by atoms with Crippen molar-refractivity contribution >= 4 is 5.57 Å². The molecule has 0 aromatic carbocycles. The predicted octanol–water partition coefficient (Wildman–Crippen LogP) is 1.02. The molecule has 0 amide bonds. The quantitative estimate of drug-likeness (QED) is 0.618. The Balaban J connectivity index is 2.16. The number of aromatic nitrogens is 2. The van der Waals surface area contributed by atoms with Crippen LogP contribution in [0.2, 0.25) is 0 Å². The number of aromatic amines is 1. The Morgan fingerprint density at radius 2 is 2.38 bits per heavy atom. The summed E-state index contributed by atoms with van der Waals surface area (Å²) in [5.74, 6) is 1.04. The van der Waals surface area contributed by atoms with Crippen LogP contribution >= 0.6 is 0 Å². The molecule has 1 unspecified atom stereocenters. The Morgan fingerprint density at radius 1 is 1.46 bits per heavy atom. The largest absolute Gasteiger partial charge is 0.346 e.